The Hall–Kier alpha value is -1.73. The number of hydrogen-bond donors (Lipinski definition) is 0. The van der Waals surface area contributed by atoms with Crippen LogP contribution in [0.2, 0.25) is 0 Å². The summed E-state index contributed by atoms with van der Waals surface area (Å²) in [7, 11) is 1.63. The molecular formula is C13H16N4O2S. The van der Waals surface area contributed by atoms with Crippen LogP contribution in [0.3, 0.4) is 0 Å². The van der Waals surface area contributed by atoms with Gasteiger partial charge in [0.05, 0.1) is 24.4 Å². The number of nitrogens with zero attached hydrogens (tertiary/aromatic N) is 4. The molecule has 2 aromatic heterocycles. The SMILES string of the molecule is COCc1cn(C2CCN(C(=O)c3ccsc3)C2)nn1. The number of likely N-dealkylation sites (tertiary alicyclic amines) is 1. The van der Waals surface area contributed by atoms with Crippen LogP contribution in [0.15, 0.2) is 23.0 Å². The number of methoxy groups -OCH3 is 1. The minimum absolute atomic E-state index is 0.103. The van der Waals surface area contributed by atoms with Crippen molar-refractivity contribution in [2.24, 2.45) is 0 Å². The Bertz CT molecular complexity index is 581. The van der Waals surface area contributed by atoms with Crippen molar-refractivity contribution < 1.29 is 9.53 Å². The Labute approximate surface area is 121 Å². The number of aromatic nitrogens is 3. The molecule has 0 aromatic carbocycles. The Morgan fingerprint density at radius 1 is 1.60 bits per heavy atom. The summed E-state index contributed by atoms with van der Waals surface area (Å²) in [6.45, 7) is 1.91. The lowest BCUT2D eigenvalue weighted by Crippen LogP contribution is -2.28. The van der Waals surface area contributed by atoms with E-state index >= 15 is 0 Å². The summed E-state index contributed by atoms with van der Waals surface area (Å²) in [5.74, 6) is 0.103. The summed E-state index contributed by atoms with van der Waals surface area (Å²) in [5, 5.41) is 12.0. The summed E-state index contributed by atoms with van der Waals surface area (Å²) in [4.78, 5) is 14.1. The summed E-state index contributed by atoms with van der Waals surface area (Å²) in [6.07, 6.45) is 2.80. The van der Waals surface area contributed by atoms with Crippen molar-refractivity contribution in [1.29, 1.82) is 0 Å². The van der Waals surface area contributed by atoms with Crippen LogP contribution in [0.5, 0.6) is 0 Å². The van der Waals surface area contributed by atoms with Crippen LogP contribution < -0.4 is 0 Å². The highest BCUT2D eigenvalue weighted by atomic mass is 32.1. The fourth-order valence-corrected chi connectivity index (χ4v) is 3.05. The van der Waals surface area contributed by atoms with Gasteiger partial charge in [0.2, 0.25) is 0 Å². The first-order chi connectivity index (χ1) is 9.78. The lowest BCUT2D eigenvalue weighted by Gasteiger charge is -2.15. The molecule has 0 N–H and O–H groups in total. The Kier molecular flexibility index (Phi) is 3.79. The molecule has 1 atom stereocenters. The van der Waals surface area contributed by atoms with E-state index in [-0.39, 0.29) is 11.9 Å². The van der Waals surface area contributed by atoms with Gasteiger partial charge in [-0.2, -0.15) is 11.3 Å². The highest BCUT2D eigenvalue weighted by molar-refractivity contribution is 7.08. The number of rotatable bonds is 4. The Balaban J connectivity index is 1.65. The van der Waals surface area contributed by atoms with Crippen molar-refractivity contribution in [3.8, 4) is 0 Å². The Morgan fingerprint density at radius 2 is 2.50 bits per heavy atom. The summed E-state index contributed by atoms with van der Waals surface area (Å²) < 4.78 is 6.88. The van der Waals surface area contributed by atoms with Crippen LogP contribution in [-0.2, 0) is 11.3 Å². The van der Waals surface area contributed by atoms with Crippen molar-refractivity contribution in [2.75, 3.05) is 20.2 Å². The maximum absolute atomic E-state index is 12.3. The van der Waals surface area contributed by atoms with Crippen molar-refractivity contribution in [3.05, 3.63) is 34.3 Å². The average molecular weight is 292 g/mol. The second-order valence-corrected chi connectivity index (χ2v) is 5.61. The number of carbonyl (C=O) groups is 1. The molecule has 20 heavy (non-hydrogen) atoms. The van der Waals surface area contributed by atoms with Crippen molar-refractivity contribution >= 4 is 17.2 Å². The predicted molar refractivity (Wildman–Crippen MR) is 74.6 cm³/mol. The highest BCUT2D eigenvalue weighted by Gasteiger charge is 2.28. The molecular weight excluding hydrogens is 276 g/mol. The number of carbonyl (C=O) groups excluding carboxylic acids is 1. The van der Waals surface area contributed by atoms with Crippen LogP contribution >= 0.6 is 11.3 Å². The van der Waals surface area contributed by atoms with E-state index in [1.165, 1.54) is 0 Å². The molecule has 6 nitrogen and oxygen atoms in total. The topological polar surface area (TPSA) is 60.2 Å². The van der Waals surface area contributed by atoms with Gasteiger partial charge < -0.3 is 9.64 Å². The van der Waals surface area contributed by atoms with Crippen LogP contribution in [0.25, 0.3) is 0 Å². The first kappa shape index (κ1) is 13.3. The molecule has 106 valence electrons. The second-order valence-electron chi connectivity index (χ2n) is 4.83. The molecule has 3 rings (SSSR count). The highest BCUT2D eigenvalue weighted by Crippen LogP contribution is 2.23. The monoisotopic (exact) mass is 292 g/mol. The fraction of sp³-hybridized carbons (Fsp3) is 0.462. The molecule has 1 amide bonds. The van der Waals surface area contributed by atoms with E-state index in [4.69, 9.17) is 4.74 Å². The van der Waals surface area contributed by atoms with E-state index in [9.17, 15) is 4.79 Å². The van der Waals surface area contributed by atoms with Crippen LogP contribution in [0.1, 0.15) is 28.5 Å². The third-order valence-electron chi connectivity index (χ3n) is 3.44. The molecule has 3 heterocycles. The van der Waals surface area contributed by atoms with Crippen LogP contribution in [-0.4, -0.2) is 46.0 Å². The molecule has 1 fully saturated rings. The van der Waals surface area contributed by atoms with Gasteiger partial charge in [-0.25, -0.2) is 4.68 Å². The van der Waals surface area contributed by atoms with Gasteiger partial charge in [0.1, 0.15) is 5.69 Å². The molecule has 0 spiro atoms. The molecule has 7 heteroatoms. The van der Waals surface area contributed by atoms with Gasteiger partial charge in [0.25, 0.3) is 5.91 Å². The van der Waals surface area contributed by atoms with Crippen LogP contribution in [0.4, 0.5) is 0 Å². The summed E-state index contributed by atoms with van der Waals surface area (Å²) in [6, 6.07) is 2.07. The summed E-state index contributed by atoms with van der Waals surface area (Å²) in [5.41, 5.74) is 1.59. The van der Waals surface area contributed by atoms with Gasteiger partial charge in [-0.3, -0.25) is 4.79 Å². The third-order valence-corrected chi connectivity index (χ3v) is 4.13. The zero-order valence-corrected chi connectivity index (χ0v) is 12.0. The van der Waals surface area contributed by atoms with Crippen molar-refractivity contribution in [1.82, 2.24) is 19.9 Å². The largest absolute Gasteiger partial charge is 0.378 e. The molecule has 0 saturated carbocycles. The molecule has 1 aliphatic heterocycles. The van der Waals surface area contributed by atoms with E-state index in [0.29, 0.717) is 13.2 Å². The molecule has 0 radical (unpaired) electrons. The van der Waals surface area contributed by atoms with Gasteiger partial charge in [-0.05, 0) is 17.9 Å². The molecule has 1 unspecified atom stereocenters. The van der Waals surface area contributed by atoms with Gasteiger partial charge >= 0.3 is 0 Å². The molecule has 1 saturated heterocycles. The van der Waals surface area contributed by atoms with E-state index in [1.807, 2.05) is 32.6 Å². The average Bonchev–Trinajstić information content (AvgIpc) is 3.19. The zero-order valence-electron chi connectivity index (χ0n) is 11.2. The Morgan fingerprint density at radius 3 is 3.25 bits per heavy atom. The van der Waals surface area contributed by atoms with Gasteiger partial charge in [-0.1, -0.05) is 5.21 Å². The molecule has 0 bridgehead atoms. The third kappa shape index (κ3) is 2.59. The zero-order chi connectivity index (χ0) is 13.9. The van der Waals surface area contributed by atoms with Crippen LogP contribution in [0, 0.1) is 0 Å². The van der Waals surface area contributed by atoms with E-state index in [2.05, 4.69) is 10.3 Å². The molecule has 1 aliphatic rings. The second kappa shape index (κ2) is 5.72. The molecule has 2 aromatic rings. The standard InChI is InChI=1S/C13H16N4O2S/c1-19-8-11-6-17(15-14-11)12-2-4-16(7-12)13(18)10-3-5-20-9-10/h3,5-6,9,12H,2,4,7-8H2,1H3. The molecule has 0 aliphatic carbocycles. The van der Waals surface area contributed by atoms with E-state index < -0.39 is 0 Å². The van der Waals surface area contributed by atoms with Crippen molar-refractivity contribution in [3.63, 3.8) is 0 Å². The maximum Gasteiger partial charge on any atom is 0.254 e. The lowest BCUT2D eigenvalue weighted by molar-refractivity contribution is 0.0787. The first-order valence-electron chi connectivity index (χ1n) is 6.49. The maximum atomic E-state index is 12.3. The lowest BCUT2D eigenvalue weighted by atomic mass is 10.3. The summed E-state index contributed by atoms with van der Waals surface area (Å²) >= 11 is 1.54. The smallest absolute Gasteiger partial charge is 0.254 e. The minimum atomic E-state index is 0.103. The van der Waals surface area contributed by atoms with E-state index in [1.54, 1.807) is 18.4 Å². The number of ether oxygens (including phenoxy) is 1. The number of hydrogen-bond acceptors (Lipinski definition) is 5. The minimum Gasteiger partial charge on any atom is -0.378 e. The first-order valence-corrected chi connectivity index (χ1v) is 7.43. The quantitative estimate of drug-likeness (QED) is 0.858. The van der Waals surface area contributed by atoms with Crippen molar-refractivity contribution in [2.45, 2.75) is 19.1 Å². The number of amides is 1. The van der Waals surface area contributed by atoms with Gasteiger partial charge in [0, 0.05) is 25.6 Å². The van der Waals surface area contributed by atoms with E-state index in [0.717, 1.165) is 24.2 Å². The predicted octanol–water partition coefficient (Wildman–Crippen LogP) is 1.57. The van der Waals surface area contributed by atoms with Gasteiger partial charge in [0.15, 0.2) is 0 Å². The number of thiophene rings is 1. The fourth-order valence-electron chi connectivity index (χ4n) is 2.42. The van der Waals surface area contributed by atoms with Gasteiger partial charge in [-0.15, -0.1) is 5.10 Å². The normalized spacial score (nSPS) is 18.6.